The summed E-state index contributed by atoms with van der Waals surface area (Å²) < 4.78 is 46.6. The Balaban J connectivity index is 1.54. The van der Waals surface area contributed by atoms with Crippen LogP contribution in [0.25, 0.3) is 6.08 Å². The summed E-state index contributed by atoms with van der Waals surface area (Å²) >= 11 is 0. The van der Waals surface area contributed by atoms with Gasteiger partial charge in [0.15, 0.2) is 11.5 Å². The van der Waals surface area contributed by atoms with Crippen LogP contribution in [0.5, 0.6) is 11.5 Å². The van der Waals surface area contributed by atoms with Crippen LogP contribution in [0, 0.1) is 0 Å². The van der Waals surface area contributed by atoms with Crippen molar-refractivity contribution in [2.45, 2.75) is 5.09 Å². The highest BCUT2D eigenvalue weighted by Crippen LogP contribution is 2.33. The Hall–Kier alpha value is -4.42. The van der Waals surface area contributed by atoms with Crippen molar-refractivity contribution in [3.05, 3.63) is 83.2 Å². The average Bonchev–Trinajstić information content (AvgIpc) is 3.48. The highest BCUT2D eigenvalue weighted by Gasteiger charge is 2.17. The standard InChI is InChI=1S/C22H17N3O8S/c26-21(15-4-2-1-3-5-15)24-17(10-14-6-8-18-19(11-14)32-13-31-18)22(27)25-23-12-16-7-9-20(33-16)34(28,29)30/h1-12H,13H2,(H,24,26)(H,25,27)(H,28,29,30)/b17-10+,23-12-. The van der Waals surface area contributed by atoms with Gasteiger partial charge in [-0.1, -0.05) is 24.3 Å². The third-order valence-corrected chi connectivity index (χ3v) is 5.18. The Bertz CT molecular complexity index is 1390. The van der Waals surface area contributed by atoms with Gasteiger partial charge in [-0.2, -0.15) is 13.5 Å². The maximum Gasteiger partial charge on any atom is 0.328 e. The molecular formula is C22H17N3O8S. The first kappa shape index (κ1) is 22.8. The summed E-state index contributed by atoms with van der Waals surface area (Å²) in [5, 5.41) is 5.59. The number of fused-ring (bicyclic) bond motifs is 1. The van der Waals surface area contributed by atoms with E-state index in [1.54, 1.807) is 48.5 Å². The van der Waals surface area contributed by atoms with E-state index in [0.29, 0.717) is 22.6 Å². The van der Waals surface area contributed by atoms with Gasteiger partial charge in [-0.15, -0.1) is 0 Å². The molecule has 0 fully saturated rings. The largest absolute Gasteiger partial charge is 0.454 e. The van der Waals surface area contributed by atoms with Gasteiger partial charge in [-0.25, -0.2) is 5.43 Å². The van der Waals surface area contributed by atoms with Gasteiger partial charge in [0.25, 0.3) is 11.8 Å². The number of carbonyl (C=O) groups excluding carboxylic acids is 2. The van der Waals surface area contributed by atoms with Gasteiger partial charge < -0.3 is 19.2 Å². The third kappa shape index (κ3) is 5.49. The van der Waals surface area contributed by atoms with E-state index in [9.17, 15) is 18.0 Å². The van der Waals surface area contributed by atoms with Crippen molar-refractivity contribution < 1.29 is 36.5 Å². The summed E-state index contributed by atoms with van der Waals surface area (Å²) in [6.07, 6.45) is 2.46. The Morgan fingerprint density at radius 3 is 2.50 bits per heavy atom. The second kappa shape index (κ2) is 9.60. The first-order valence-electron chi connectivity index (χ1n) is 9.68. The molecule has 0 saturated heterocycles. The Labute approximate surface area is 193 Å². The molecule has 0 spiro atoms. The van der Waals surface area contributed by atoms with Crippen molar-refractivity contribution in [2.24, 2.45) is 5.10 Å². The molecule has 0 bridgehead atoms. The molecule has 0 radical (unpaired) electrons. The van der Waals surface area contributed by atoms with E-state index in [-0.39, 0.29) is 18.3 Å². The lowest BCUT2D eigenvalue weighted by atomic mass is 10.1. The van der Waals surface area contributed by atoms with Crippen LogP contribution in [0.2, 0.25) is 0 Å². The zero-order valence-electron chi connectivity index (χ0n) is 17.3. The van der Waals surface area contributed by atoms with Crippen LogP contribution in [0.1, 0.15) is 21.7 Å². The molecule has 3 N–H and O–H groups in total. The quantitative estimate of drug-likeness (QED) is 0.200. The van der Waals surface area contributed by atoms with Crippen LogP contribution in [0.15, 0.2) is 81.0 Å². The van der Waals surface area contributed by atoms with Gasteiger partial charge in [0, 0.05) is 5.56 Å². The molecule has 4 rings (SSSR count). The fourth-order valence-electron chi connectivity index (χ4n) is 2.87. The molecule has 1 aliphatic heterocycles. The Morgan fingerprint density at radius 1 is 1.00 bits per heavy atom. The molecule has 2 amide bonds. The smallest absolute Gasteiger partial charge is 0.328 e. The second-order valence-corrected chi connectivity index (χ2v) is 8.17. The molecule has 3 aromatic rings. The number of hydrazone groups is 1. The Morgan fingerprint density at radius 2 is 1.76 bits per heavy atom. The summed E-state index contributed by atoms with van der Waals surface area (Å²) in [4.78, 5) is 25.4. The number of amides is 2. The summed E-state index contributed by atoms with van der Waals surface area (Å²) in [6.45, 7) is 0.0847. The van der Waals surface area contributed by atoms with Gasteiger partial charge in [-0.05, 0) is 48.0 Å². The number of carbonyl (C=O) groups is 2. The van der Waals surface area contributed by atoms with Crippen LogP contribution >= 0.6 is 0 Å². The minimum Gasteiger partial charge on any atom is -0.454 e. The molecule has 11 nitrogen and oxygen atoms in total. The number of nitrogens with zero attached hydrogens (tertiary/aromatic N) is 1. The third-order valence-electron chi connectivity index (χ3n) is 4.45. The van der Waals surface area contributed by atoms with E-state index in [4.69, 9.17) is 18.4 Å². The minimum absolute atomic E-state index is 0.0393. The van der Waals surface area contributed by atoms with Gasteiger partial charge >= 0.3 is 10.1 Å². The maximum absolute atomic E-state index is 12.8. The van der Waals surface area contributed by atoms with Crippen LogP contribution in [0.3, 0.4) is 0 Å². The Kier molecular flexibility index (Phi) is 6.43. The zero-order valence-corrected chi connectivity index (χ0v) is 18.1. The summed E-state index contributed by atoms with van der Waals surface area (Å²) in [6, 6.07) is 15.6. The molecule has 1 aromatic heterocycles. The minimum atomic E-state index is -4.51. The van der Waals surface area contributed by atoms with E-state index in [0.717, 1.165) is 12.3 Å². The maximum atomic E-state index is 12.8. The SMILES string of the molecule is O=C(N/N=C\c1ccc(S(=O)(=O)O)o1)/C(=C\c1ccc2c(c1)OCO2)NC(=O)c1ccccc1. The molecule has 0 aliphatic carbocycles. The molecule has 0 unspecified atom stereocenters. The van der Waals surface area contributed by atoms with Crippen LogP contribution < -0.4 is 20.2 Å². The monoisotopic (exact) mass is 483 g/mol. The number of hydrogen-bond donors (Lipinski definition) is 3. The van der Waals surface area contributed by atoms with Crippen molar-refractivity contribution in [2.75, 3.05) is 6.79 Å². The second-order valence-electron chi connectivity index (χ2n) is 6.82. The molecule has 12 heteroatoms. The van der Waals surface area contributed by atoms with Crippen molar-refractivity contribution in [3.63, 3.8) is 0 Å². The molecule has 2 heterocycles. The number of hydrogen-bond acceptors (Lipinski definition) is 8. The van der Waals surface area contributed by atoms with E-state index < -0.39 is 27.0 Å². The molecule has 0 saturated carbocycles. The lowest BCUT2D eigenvalue weighted by Gasteiger charge is -2.09. The van der Waals surface area contributed by atoms with Crippen molar-refractivity contribution >= 4 is 34.2 Å². The lowest BCUT2D eigenvalue weighted by Crippen LogP contribution is -2.32. The highest BCUT2D eigenvalue weighted by atomic mass is 32.2. The fourth-order valence-corrected chi connectivity index (χ4v) is 3.31. The van der Waals surface area contributed by atoms with E-state index in [1.165, 1.54) is 12.1 Å². The van der Waals surface area contributed by atoms with E-state index >= 15 is 0 Å². The van der Waals surface area contributed by atoms with Crippen LogP contribution in [-0.2, 0) is 14.9 Å². The topological polar surface area (TPSA) is 157 Å². The predicted octanol–water partition coefficient (Wildman–Crippen LogP) is 2.18. The number of rotatable bonds is 7. The lowest BCUT2D eigenvalue weighted by molar-refractivity contribution is -0.117. The summed E-state index contributed by atoms with van der Waals surface area (Å²) in [5.41, 5.74) is 2.99. The number of benzene rings is 2. The van der Waals surface area contributed by atoms with Gasteiger partial charge in [0.2, 0.25) is 11.9 Å². The van der Waals surface area contributed by atoms with Crippen molar-refractivity contribution in [3.8, 4) is 11.5 Å². The summed E-state index contributed by atoms with van der Waals surface area (Å²) in [7, 11) is -4.51. The molecular weight excluding hydrogens is 466 g/mol. The molecule has 0 atom stereocenters. The van der Waals surface area contributed by atoms with Gasteiger partial charge in [-0.3, -0.25) is 14.1 Å². The van der Waals surface area contributed by atoms with Crippen LogP contribution in [-0.4, -0.2) is 37.8 Å². The summed E-state index contributed by atoms with van der Waals surface area (Å²) in [5.74, 6) is -0.269. The number of ether oxygens (including phenoxy) is 2. The van der Waals surface area contributed by atoms with E-state index in [2.05, 4.69) is 15.8 Å². The molecule has 34 heavy (non-hydrogen) atoms. The van der Waals surface area contributed by atoms with Crippen LogP contribution in [0.4, 0.5) is 0 Å². The van der Waals surface area contributed by atoms with Crippen molar-refractivity contribution in [1.82, 2.24) is 10.7 Å². The highest BCUT2D eigenvalue weighted by molar-refractivity contribution is 7.85. The first-order valence-corrected chi connectivity index (χ1v) is 11.1. The molecule has 2 aromatic carbocycles. The van der Waals surface area contributed by atoms with Gasteiger partial charge in [0.1, 0.15) is 11.5 Å². The predicted molar refractivity (Wildman–Crippen MR) is 119 cm³/mol. The fraction of sp³-hybridized carbons (Fsp3) is 0.0455. The van der Waals surface area contributed by atoms with Gasteiger partial charge in [0.05, 0.1) is 6.21 Å². The molecule has 1 aliphatic rings. The average molecular weight is 483 g/mol. The normalized spacial score (nSPS) is 13.1. The van der Waals surface area contributed by atoms with E-state index in [1.807, 2.05) is 0 Å². The first-order chi connectivity index (χ1) is 16.3. The molecule has 174 valence electrons. The number of furan rings is 1. The zero-order chi connectivity index (χ0) is 24.1. The van der Waals surface area contributed by atoms with Crippen molar-refractivity contribution in [1.29, 1.82) is 0 Å². The number of nitrogens with one attached hydrogen (secondary N) is 2.